The molecule has 2 heterocycles. The Morgan fingerprint density at radius 3 is 2.39 bits per heavy atom. The van der Waals surface area contributed by atoms with Crippen molar-refractivity contribution in [3.05, 3.63) is 75.5 Å². The Bertz CT molecular complexity index is 1300. The molecule has 9 heteroatoms. The van der Waals surface area contributed by atoms with E-state index in [1.165, 1.54) is 9.36 Å². The van der Waals surface area contributed by atoms with Crippen LogP contribution < -0.4 is 15.2 Å². The molecule has 9 nitrogen and oxygen atoms in total. The fraction of sp³-hybridized carbons (Fsp3) is 0.273. The summed E-state index contributed by atoms with van der Waals surface area (Å²) in [6.07, 6.45) is 1.94. The summed E-state index contributed by atoms with van der Waals surface area (Å²) in [5, 5.41) is 12.2. The Kier molecular flexibility index (Phi) is 5.33. The van der Waals surface area contributed by atoms with E-state index in [1.54, 1.807) is 26.3 Å². The van der Waals surface area contributed by atoms with Gasteiger partial charge in [-0.3, -0.25) is 0 Å². The monoisotopic (exact) mass is 420 g/mol. The van der Waals surface area contributed by atoms with Gasteiger partial charge in [0.25, 0.3) is 0 Å². The van der Waals surface area contributed by atoms with E-state index in [0.717, 1.165) is 28.3 Å². The van der Waals surface area contributed by atoms with Gasteiger partial charge in [-0.15, -0.1) is 0 Å². The van der Waals surface area contributed by atoms with Crippen molar-refractivity contribution in [2.75, 3.05) is 7.11 Å². The molecule has 4 aromatic rings. The van der Waals surface area contributed by atoms with Crippen molar-refractivity contribution >= 4 is 0 Å². The van der Waals surface area contributed by atoms with Gasteiger partial charge in [0, 0.05) is 13.2 Å². The van der Waals surface area contributed by atoms with E-state index in [1.807, 2.05) is 55.9 Å². The highest BCUT2D eigenvalue weighted by molar-refractivity contribution is 5.52. The molecule has 0 atom stereocenters. The van der Waals surface area contributed by atoms with Crippen LogP contribution in [0.15, 0.2) is 47.4 Å². The summed E-state index contributed by atoms with van der Waals surface area (Å²) in [7, 11) is 3.13. The van der Waals surface area contributed by atoms with Crippen molar-refractivity contribution < 1.29 is 9.47 Å². The van der Waals surface area contributed by atoms with Gasteiger partial charge in [0.2, 0.25) is 0 Å². The summed E-state index contributed by atoms with van der Waals surface area (Å²) in [6, 6.07) is 11.3. The number of aryl methyl sites for hydroxylation is 2. The lowest BCUT2D eigenvalue weighted by Crippen LogP contribution is -2.23. The molecule has 4 rings (SSSR count). The van der Waals surface area contributed by atoms with Gasteiger partial charge in [0.05, 0.1) is 29.7 Å². The van der Waals surface area contributed by atoms with Crippen molar-refractivity contribution in [3.8, 4) is 22.9 Å². The number of tetrazole rings is 1. The highest BCUT2D eigenvalue weighted by Gasteiger charge is 2.17. The van der Waals surface area contributed by atoms with Crippen molar-refractivity contribution in [2.45, 2.75) is 27.4 Å². The smallest absolute Gasteiger partial charge is 0.368 e. The summed E-state index contributed by atoms with van der Waals surface area (Å²) in [5.74, 6) is 1.35. The van der Waals surface area contributed by atoms with Gasteiger partial charge < -0.3 is 9.47 Å². The van der Waals surface area contributed by atoms with E-state index in [0.29, 0.717) is 17.0 Å². The standard InChI is InChI=1S/C22H24N6O3/c1-14-11-12-27(23-14)18-9-10-20(16(3)15(18)2)31-13-17-19(7-6-8-21(17)30-5)28-22(29)26(4)24-25-28/h6-12H,13H2,1-5H3. The fourth-order valence-corrected chi connectivity index (χ4v) is 3.44. The maximum atomic E-state index is 12.4. The van der Waals surface area contributed by atoms with Crippen LogP contribution in [-0.4, -0.2) is 36.7 Å². The van der Waals surface area contributed by atoms with Crippen LogP contribution >= 0.6 is 0 Å². The molecule has 0 saturated heterocycles. The quantitative estimate of drug-likeness (QED) is 0.476. The molecule has 0 spiro atoms. The summed E-state index contributed by atoms with van der Waals surface area (Å²) in [5.41, 5.74) is 4.97. The van der Waals surface area contributed by atoms with Crippen molar-refractivity contribution in [1.82, 2.24) is 29.6 Å². The van der Waals surface area contributed by atoms with Crippen molar-refractivity contribution in [1.29, 1.82) is 0 Å². The normalized spacial score (nSPS) is 11.0. The average Bonchev–Trinajstić information content (AvgIpc) is 3.34. The van der Waals surface area contributed by atoms with Crippen molar-refractivity contribution in [2.24, 2.45) is 7.05 Å². The van der Waals surface area contributed by atoms with E-state index in [9.17, 15) is 4.79 Å². The van der Waals surface area contributed by atoms with Gasteiger partial charge in [0.1, 0.15) is 18.1 Å². The summed E-state index contributed by atoms with van der Waals surface area (Å²) >= 11 is 0. The first-order chi connectivity index (χ1) is 14.9. The van der Waals surface area contributed by atoms with Crippen LogP contribution in [0.3, 0.4) is 0 Å². The number of benzene rings is 2. The zero-order chi connectivity index (χ0) is 22.1. The first kappa shape index (κ1) is 20.4. The Morgan fingerprint density at radius 2 is 1.74 bits per heavy atom. The molecule has 0 bridgehead atoms. The molecule has 0 aliphatic heterocycles. The maximum Gasteiger partial charge on any atom is 0.368 e. The van der Waals surface area contributed by atoms with Crippen molar-refractivity contribution in [3.63, 3.8) is 0 Å². The highest BCUT2D eigenvalue weighted by atomic mass is 16.5. The van der Waals surface area contributed by atoms with Crippen LogP contribution in [0.4, 0.5) is 0 Å². The average molecular weight is 420 g/mol. The number of ether oxygens (including phenoxy) is 2. The SMILES string of the molecule is COc1cccc(-n2nnn(C)c2=O)c1COc1ccc(-n2ccc(C)n2)c(C)c1C. The van der Waals surface area contributed by atoms with E-state index in [-0.39, 0.29) is 12.3 Å². The molecule has 0 aliphatic carbocycles. The number of hydrogen-bond acceptors (Lipinski definition) is 6. The number of methoxy groups -OCH3 is 1. The van der Waals surface area contributed by atoms with Gasteiger partial charge in [-0.05, 0) is 72.7 Å². The van der Waals surface area contributed by atoms with E-state index in [4.69, 9.17) is 9.47 Å². The highest BCUT2D eigenvalue weighted by Crippen LogP contribution is 2.30. The Labute approximate surface area is 179 Å². The zero-order valence-corrected chi connectivity index (χ0v) is 18.2. The van der Waals surface area contributed by atoms with Crippen LogP contribution in [0.5, 0.6) is 11.5 Å². The van der Waals surface area contributed by atoms with E-state index in [2.05, 4.69) is 15.5 Å². The largest absolute Gasteiger partial charge is 0.496 e. The van der Waals surface area contributed by atoms with Gasteiger partial charge in [-0.2, -0.15) is 14.5 Å². The topological polar surface area (TPSA) is 89.0 Å². The first-order valence-electron chi connectivity index (χ1n) is 9.81. The third kappa shape index (κ3) is 3.70. The van der Waals surface area contributed by atoms with Gasteiger partial charge >= 0.3 is 5.69 Å². The zero-order valence-electron chi connectivity index (χ0n) is 18.2. The maximum absolute atomic E-state index is 12.4. The Hall–Kier alpha value is -3.88. The molecule has 31 heavy (non-hydrogen) atoms. The van der Waals surface area contributed by atoms with Crippen LogP contribution in [0.2, 0.25) is 0 Å². The second kappa shape index (κ2) is 8.10. The van der Waals surface area contributed by atoms with Crippen LogP contribution in [0.1, 0.15) is 22.4 Å². The number of aromatic nitrogens is 6. The molecule has 0 radical (unpaired) electrons. The van der Waals surface area contributed by atoms with Crippen LogP contribution in [0.25, 0.3) is 11.4 Å². The predicted octanol–water partition coefficient (Wildman–Crippen LogP) is 2.66. The summed E-state index contributed by atoms with van der Waals surface area (Å²) in [6.45, 7) is 6.22. The predicted molar refractivity (Wildman–Crippen MR) is 115 cm³/mol. The Balaban J connectivity index is 1.68. The molecule has 2 aromatic heterocycles. The van der Waals surface area contributed by atoms with Crippen LogP contribution in [-0.2, 0) is 13.7 Å². The number of hydrogen-bond donors (Lipinski definition) is 0. The van der Waals surface area contributed by atoms with Gasteiger partial charge in [0.15, 0.2) is 0 Å². The lowest BCUT2D eigenvalue weighted by molar-refractivity contribution is 0.294. The molecule has 2 aromatic carbocycles. The summed E-state index contributed by atoms with van der Waals surface area (Å²) < 4.78 is 16.0. The third-order valence-electron chi connectivity index (χ3n) is 5.33. The molecule has 0 saturated carbocycles. The summed E-state index contributed by atoms with van der Waals surface area (Å²) in [4.78, 5) is 12.4. The van der Waals surface area contributed by atoms with Gasteiger partial charge in [-0.25, -0.2) is 9.48 Å². The molecule has 160 valence electrons. The van der Waals surface area contributed by atoms with E-state index < -0.39 is 0 Å². The number of rotatable bonds is 6. The molecule has 0 N–H and O–H groups in total. The first-order valence-corrected chi connectivity index (χ1v) is 9.81. The lowest BCUT2D eigenvalue weighted by atomic mass is 10.1. The van der Waals surface area contributed by atoms with Crippen LogP contribution in [0, 0.1) is 20.8 Å². The van der Waals surface area contributed by atoms with E-state index >= 15 is 0 Å². The molecular formula is C22H24N6O3. The molecular weight excluding hydrogens is 396 g/mol. The molecule has 0 fully saturated rings. The number of nitrogens with zero attached hydrogens (tertiary/aromatic N) is 6. The second-order valence-corrected chi connectivity index (χ2v) is 7.28. The lowest BCUT2D eigenvalue weighted by Gasteiger charge is -2.17. The molecule has 0 amide bonds. The third-order valence-corrected chi connectivity index (χ3v) is 5.33. The molecule has 0 unspecified atom stereocenters. The second-order valence-electron chi connectivity index (χ2n) is 7.28. The minimum absolute atomic E-state index is 0.197. The minimum Gasteiger partial charge on any atom is -0.496 e. The van der Waals surface area contributed by atoms with Gasteiger partial charge in [-0.1, -0.05) is 6.07 Å². The fourth-order valence-electron chi connectivity index (χ4n) is 3.44. The minimum atomic E-state index is -0.347. The molecule has 0 aliphatic rings. The Morgan fingerprint density at radius 1 is 0.935 bits per heavy atom.